The molecule has 11 rings (SSSR count). The molecule has 0 aliphatic carbocycles. The first-order valence-electron chi connectivity index (χ1n) is 19.2. The summed E-state index contributed by atoms with van der Waals surface area (Å²) in [6, 6.07) is 6.72. The molecule has 4 aromatic rings. The third-order valence-electron chi connectivity index (χ3n) is 13.1. The second-order valence-corrected chi connectivity index (χ2v) is 17.0. The molecule has 2 fully saturated rings. The minimum atomic E-state index is -1.33. The highest BCUT2D eigenvalue weighted by molar-refractivity contribution is 7.99. The van der Waals surface area contributed by atoms with Gasteiger partial charge in [0.25, 0.3) is 0 Å². The van der Waals surface area contributed by atoms with E-state index in [2.05, 4.69) is 35.2 Å². The lowest BCUT2D eigenvalue weighted by Gasteiger charge is -2.63. The molecule has 56 heavy (non-hydrogen) atoms. The number of carbonyl (C=O) groups is 2. The lowest BCUT2D eigenvalue weighted by Crippen LogP contribution is -2.69. The van der Waals surface area contributed by atoms with E-state index >= 15 is 0 Å². The summed E-state index contributed by atoms with van der Waals surface area (Å²) in [7, 11) is 5.35. The molecule has 294 valence electrons. The average molecular weight is 784 g/mol. The van der Waals surface area contributed by atoms with Crippen LogP contribution in [0.15, 0.2) is 28.7 Å². The van der Waals surface area contributed by atoms with E-state index in [4.69, 9.17) is 32.8 Å². The van der Waals surface area contributed by atoms with Crippen LogP contribution in [0.5, 0.6) is 34.5 Å². The number of nitrogens with zero attached hydrogens (tertiary/aromatic N) is 2. The normalized spacial score (nSPS) is 28.9. The average Bonchev–Trinajstić information content (AvgIpc) is 3.82. The number of hydrogen-bond donors (Lipinski definition) is 2. The number of aryl methyl sites for hydroxylation is 1. The Morgan fingerprint density at radius 2 is 1.86 bits per heavy atom. The molecule has 8 heterocycles. The fourth-order valence-corrected chi connectivity index (χ4v) is 12.5. The Morgan fingerprint density at radius 1 is 1.05 bits per heavy atom. The highest BCUT2D eigenvalue weighted by atomic mass is 32.2. The molecule has 1 spiro atoms. The van der Waals surface area contributed by atoms with Crippen LogP contribution >= 0.6 is 11.8 Å². The van der Waals surface area contributed by atoms with Gasteiger partial charge in [-0.2, -0.15) is 0 Å². The number of benzene rings is 3. The lowest BCUT2D eigenvalue weighted by molar-refractivity contribution is -0.159. The van der Waals surface area contributed by atoms with Crippen molar-refractivity contribution in [3.63, 3.8) is 0 Å². The summed E-state index contributed by atoms with van der Waals surface area (Å²) in [5.74, 6) is 2.69. The summed E-state index contributed by atoms with van der Waals surface area (Å²) < 4.78 is 43.1. The van der Waals surface area contributed by atoms with Gasteiger partial charge < -0.3 is 37.9 Å². The van der Waals surface area contributed by atoms with E-state index in [1.807, 2.05) is 32.0 Å². The monoisotopic (exact) mass is 783 g/mol. The smallest absolute Gasteiger partial charge is 0.335 e. The highest BCUT2D eigenvalue weighted by Gasteiger charge is 2.61. The number of ether oxygens (including phenoxy) is 6. The van der Waals surface area contributed by atoms with Crippen LogP contribution in [0.3, 0.4) is 0 Å². The first-order valence-corrected chi connectivity index (χ1v) is 20.2. The largest absolute Gasteiger partial charge is 0.504 e. The Kier molecular flexibility index (Phi) is 8.10. The number of thioether (sulfide) groups is 1. The third kappa shape index (κ3) is 4.72. The van der Waals surface area contributed by atoms with Gasteiger partial charge in [0.05, 0.1) is 31.6 Å². The standard InChI is InChI=1S/C42H45N3O10S/c1-18-12-22-13-26-20(3)45-27-15-51-41(48)42(40-24(10-11-43-42)25-14-23(49-6)8-9-28(25)55-40)16-56-39(33(45)32(44(26)5)29(22)34(47)35(18)50-7)31-30(27)38-37(52-17-53-38)19(2)36(31)54-21(4)46/h8-9,12,14,20,26-27,32-33,39,43,47H,10-11,13,15-17H2,1-7H3/t20-,26-,27?,32-,33+,39+,42+/m0/s1. The van der Waals surface area contributed by atoms with E-state index in [-0.39, 0.29) is 49.1 Å². The van der Waals surface area contributed by atoms with Crippen LogP contribution in [0.25, 0.3) is 11.0 Å². The van der Waals surface area contributed by atoms with Gasteiger partial charge in [-0.15, -0.1) is 11.8 Å². The molecule has 7 aliphatic heterocycles. The van der Waals surface area contributed by atoms with Crippen LogP contribution in [-0.2, 0) is 32.7 Å². The molecule has 1 unspecified atom stereocenters. The van der Waals surface area contributed by atoms with Crippen molar-refractivity contribution in [3.8, 4) is 34.5 Å². The van der Waals surface area contributed by atoms with Crippen LogP contribution in [0.4, 0.5) is 0 Å². The Morgan fingerprint density at radius 3 is 2.62 bits per heavy atom. The number of likely N-dealkylation sites (N-methyl/N-ethyl adjacent to an activating group) is 1. The number of rotatable bonds is 3. The maximum atomic E-state index is 14.9. The van der Waals surface area contributed by atoms with Crippen molar-refractivity contribution in [3.05, 3.63) is 69.0 Å². The van der Waals surface area contributed by atoms with Crippen LogP contribution < -0.4 is 29.0 Å². The second-order valence-electron chi connectivity index (χ2n) is 15.8. The molecular weight excluding hydrogens is 739 g/mol. The number of aromatic hydroxyl groups is 1. The van der Waals surface area contributed by atoms with Gasteiger partial charge in [0, 0.05) is 70.6 Å². The zero-order valence-corrected chi connectivity index (χ0v) is 33.3. The zero-order chi connectivity index (χ0) is 38.9. The minimum absolute atomic E-state index is 0.0104. The Bertz CT molecular complexity index is 2360. The first kappa shape index (κ1) is 35.8. The van der Waals surface area contributed by atoms with Crippen molar-refractivity contribution < 1.29 is 47.5 Å². The number of methoxy groups -OCH3 is 2. The van der Waals surface area contributed by atoms with Crippen molar-refractivity contribution in [1.29, 1.82) is 0 Å². The molecule has 4 bridgehead atoms. The molecule has 13 nitrogen and oxygen atoms in total. The quantitative estimate of drug-likeness (QED) is 0.199. The van der Waals surface area contributed by atoms with E-state index in [1.54, 1.807) is 26.0 Å². The summed E-state index contributed by atoms with van der Waals surface area (Å²) in [4.78, 5) is 32.7. The van der Waals surface area contributed by atoms with Crippen molar-refractivity contribution in [2.24, 2.45) is 0 Å². The number of phenols is 1. The maximum absolute atomic E-state index is 14.9. The van der Waals surface area contributed by atoms with E-state index in [9.17, 15) is 14.7 Å². The topological polar surface area (TPSA) is 141 Å². The van der Waals surface area contributed by atoms with Gasteiger partial charge in [0.2, 0.25) is 6.79 Å². The molecule has 0 amide bonds. The van der Waals surface area contributed by atoms with Crippen LogP contribution in [-0.4, -0.2) is 91.9 Å². The van der Waals surface area contributed by atoms with Crippen molar-refractivity contribution in [2.75, 3.05) is 47.0 Å². The highest BCUT2D eigenvalue weighted by Crippen LogP contribution is 2.64. The van der Waals surface area contributed by atoms with E-state index in [0.717, 1.165) is 38.8 Å². The van der Waals surface area contributed by atoms with Crippen LogP contribution in [0.1, 0.15) is 75.9 Å². The fourth-order valence-electron chi connectivity index (χ4n) is 10.8. The number of furan rings is 1. The van der Waals surface area contributed by atoms with E-state index in [1.165, 1.54) is 6.92 Å². The molecule has 0 saturated carbocycles. The van der Waals surface area contributed by atoms with Gasteiger partial charge in [-0.3, -0.25) is 19.9 Å². The molecule has 2 N–H and O–H groups in total. The molecule has 0 radical (unpaired) electrons. The summed E-state index contributed by atoms with van der Waals surface area (Å²) >= 11 is 1.60. The number of esters is 2. The summed E-state index contributed by atoms with van der Waals surface area (Å²) in [5.41, 5.74) is 5.33. The predicted molar refractivity (Wildman–Crippen MR) is 206 cm³/mol. The van der Waals surface area contributed by atoms with Gasteiger partial charge in [-0.1, -0.05) is 6.07 Å². The number of piperazine rings is 1. The summed E-state index contributed by atoms with van der Waals surface area (Å²) in [6.07, 6.45) is 1.36. The lowest BCUT2D eigenvalue weighted by atomic mass is 9.71. The molecule has 3 aromatic carbocycles. The molecule has 7 atom stereocenters. The van der Waals surface area contributed by atoms with E-state index < -0.39 is 28.8 Å². The number of carbonyl (C=O) groups excluding carboxylic acids is 2. The van der Waals surface area contributed by atoms with Gasteiger partial charge in [-0.25, -0.2) is 4.79 Å². The van der Waals surface area contributed by atoms with Gasteiger partial charge in [-0.05, 0) is 70.0 Å². The molecule has 7 aliphatic rings. The fraction of sp³-hybridized carbons (Fsp3) is 0.476. The maximum Gasteiger partial charge on any atom is 0.335 e. The van der Waals surface area contributed by atoms with Crippen molar-refractivity contribution in [2.45, 2.75) is 81.5 Å². The molecule has 2 saturated heterocycles. The Hall–Kier alpha value is -4.63. The summed E-state index contributed by atoms with van der Waals surface area (Å²) in [5, 5.41) is 16.2. The van der Waals surface area contributed by atoms with Crippen LogP contribution in [0.2, 0.25) is 0 Å². The van der Waals surface area contributed by atoms with Crippen molar-refractivity contribution >= 4 is 34.7 Å². The third-order valence-corrected chi connectivity index (χ3v) is 14.6. The molecule has 14 heteroatoms. The zero-order valence-electron chi connectivity index (χ0n) is 32.4. The van der Waals surface area contributed by atoms with Crippen LogP contribution in [0, 0.1) is 13.8 Å². The number of hydrogen-bond acceptors (Lipinski definition) is 14. The number of phenolic OH excluding ortho intramolecular Hbond substituents is 1. The predicted octanol–water partition coefficient (Wildman–Crippen LogP) is 5.52. The van der Waals surface area contributed by atoms with Gasteiger partial charge >= 0.3 is 11.9 Å². The SMILES string of the molecule is COc1ccc2oc3c(c2c1)CCN[C@]31CS[C@@H]2c3c(OC(C)=O)c(C)c4c(c3C(COC1=O)N1[C@@H]2[C@@H]2c3c(cc(C)c(OC)c3O)C[C@@H]([C@@H]1C)N2C)OCO4. The van der Waals surface area contributed by atoms with Gasteiger partial charge in [0.15, 0.2) is 28.5 Å². The first-order chi connectivity index (χ1) is 27.0. The Labute approximate surface area is 328 Å². The van der Waals surface area contributed by atoms with E-state index in [0.29, 0.717) is 65.0 Å². The number of fused-ring (bicyclic) bond motifs is 11. The Balaban J connectivity index is 1.23. The summed E-state index contributed by atoms with van der Waals surface area (Å²) in [6.45, 7) is 8.00. The minimum Gasteiger partial charge on any atom is -0.504 e. The second kappa shape index (κ2) is 12.7. The van der Waals surface area contributed by atoms with Crippen molar-refractivity contribution in [1.82, 2.24) is 15.1 Å². The molecular formula is C42H45N3O10S. The number of nitrogens with one attached hydrogen (secondary N) is 1. The molecule has 1 aromatic heterocycles. The van der Waals surface area contributed by atoms with Gasteiger partial charge in [0.1, 0.15) is 29.4 Å².